The van der Waals surface area contributed by atoms with E-state index in [2.05, 4.69) is 43.0 Å². The summed E-state index contributed by atoms with van der Waals surface area (Å²) in [5, 5.41) is 6.60. The van der Waals surface area contributed by atoms with Gasteiger partial charge in [0, 0.05) is 43.3 Å². The lowest BCUT2D eigenvalue weighted by molar-refractivity contribution is -0.161. The predicted molar refractivity (Wildman–Crippen MR) is 308 cm³/mol. The average molecular weight is 1130 g/mol. The van der Waals surface area contributed by atoms with E-state index in [0.29, 0.717) is 50.0 Å². The summed E-state index contributed by atoms with van der Waals surface area (Å²) in [5.41, 5.74) is 9.32. The van der Waals surface area contributed by atoms with Crippen LogP contribution in [0.2, 0.25) is 18.1 Å². The highest BCUT2D eigenvalue weighted by Gasteiger charge is 2.43. The van der Waals surface area contributed by atoms with Crippen LogP contribution in [0.5, 0.6) is 5.75 Å². The molecule has 0 bridgehead atoms. The Balaban J connectivity index is 2.39. The van der Waals surface area contributed by atoms with E-state index in [1.165, 1.54) is 56.0 Å². The molecule has 0 aromatic heterocycles. The fourth-order valence-corrected chi connectivity index (χ4v) is 13.4. The number of amides is 4. The van der Waals surface area contributed by atoms with Gasteiger partial charge < -0.3 is 38.5 Å². The molecule has 10 atom stereocenters. The summed E-state index contributed by atoms with van der Waals surface area (Å²) in [6.07, 6.45) is 2.69. The van der Waals surface area contributed by atoms with E-state index >= 15 is 0 Å². The number of ether oxygens (including phenoxy) is 4. The molecule has 1 fully saturated rings. The fourth-order valence-electron chi connectivity index (χ4n) is 9.50. The molecular formula is C57H95N7O12SSi. The predicted octanol–water partition coefficient (Wildman–Crippen LogP) is 10.3. The smallest absolute Gasteiger partial charge is 0.411 e. The van der Waals surface area contributed by atoms with Crippen molar-refractivity contribution in [3.63, 3.8) is 0 Å². The Morgan fingerprint density at radius 1 is 0.910 bits per heavy atom. The summed E-state index contributed by atoms with van der Waals surface area (Å²) < 4.78 is 29.4. The van der Waals surface area contributed by atoms with E-state index in [0.717, 1.165) is 29.9 Å². The van der Waals surface area contributed by atoms with E-state index in [1.807, 2.05) is 41.5 Å². The molecule has 1 aliphatic heterocycles. The molecule has 1 heterocycles. The third-order valence-corrected chi connectivity index (χ3v) is 21.0. The van der Waals surface area contributed by atoms with Gasteiger partial charge in [0.1, 0.15) is 41.6 Å². The zero-order valence-corrected chi connectivity index (χ0v) is 52.2. The number of nitrogens with zero attached hydrogens (tertiary/aromatic N) is 6. The van der Waals surface area contributed by atoms with E-state index in [1.54, 1.807) is 52.0 Å². The van der Waals surface area contributed by atoms with Gasteiger partial charge in [-0.1, -0.05) is 111 Å². The minimum absolute atomic E-state index is 0.00880. The monoisotopic (exact) mass is 1130 g/mol. The first-order chi connectivity index (χ1) is 36.4. The molecule has 19 nitrogen and oxygen atoms in total. The van der Waals surface area contributed by atoms with Gasteiger partial charge in [0.05, 0.1) is 32.3 Å². The number of carbonyl (C=O) groups is 7. The second kappa shape index (κ2) is 31.6. The van der Waals surface area contributed by atoms with E-state index in [9.17, 15) is 39.1 Å². The standard InChI is InChI=1S/C57H95N7O12SSi/c1-20-37(6)48(53(69)73-19)63(17)50(66)40(9)62(16)51(67)44(34-41-26-28-43(72-18)29-27-41)59-49(65)38(7)33-42(60-61-58)35-77-54(70)39(8)46(76-78(21-2,22-3)23-4)31-36(5)32-47(56(10,11)12)74-52(68)45-25-24-30-64(45)55(71)75-57(13,14)15/h26-29,33,36-37,39-40,42,44-48H,20-25,30-32,34-35H2,1-19H3,(H,59,65)/b38-33+/t36-,37-,39-,40-,42-,44-,45-,46-,47-,48-/m0/s1. The SMILES string of the molecule is CC[C@H](C)[C@@H](C(=O)OC)N(C)C(=O)[C@H](C)N(C)C(=O)[C@H](Cc1ccc(OC)cc1)NC(=O)/C(C)=C/[C@@H](CSC(=O)[C@@H](C)[C@H](C[C@H](C)C[C@H](OC(=O)[C@@H]1CCCN1C(=O)OC(C)(C)C)C(C)(C)C)O[Si](CC)(CC)CC)N=[N+]=[N-]. The lowest BCUT2D eigenvalue weighted by atomic mass is 9.81. The number of thioether (sulfide) groups is 1. The number of likely N-dealkylation sites (N-methyl/N-ethyl adjacent to an activating group) is 2. The van der Waals surface area contributed by atoms with Crippen LogP contribution in [0.25, 0.3) is 10.4 Å². The van der Waals surface area contributed by atoms with Crippen molar-refractivity contribution in [1.29, 1.82) is 0 Å². The summed E-state index contributed by atoms with van der Waals surface area (Å²) >= 11 is 0.988. The van der Waals surface area contributed by atoms with Crippen molar-refractivity contribution >= 4 is 60.9 Å². The fraction of sp³-hybridized carbons (Fsp3) is 0.737. The molecular weight excluding hydrogens is 1030 g/mol. The maximum Gasteiger partial charge on any atom is 0.411 e. The minimum atomic E-state index is -2.28. The van der Waals surface area contributed by atoms with Crippen LogP contribution in [-0.2, 0) is 53.8 Å². The summed E-state index contributed by atoms with van der Waals surface area (Å²) in [6, 6.07) is 4.78. The van der Waals surface area contributed by atoms with Gasteiger partial charge in [-0.15, -0.1) is 0 Å². The highest BCUT2D eigenvalue weighted by molar-refractivity contribution is 8.13. The normalized spacial score (nSPS) is 17.6. The minimum Gasteiger partial charge on any atom is -0.497 e. The van der Waals surface area contributed by atoms with Crippen LogP contribution in [0.15, 0.2) is 41.0 Å². The Kier molecular flexibility index (Phi) is 28.0. The molecule has 2 rings (SSSR count). The number of likely N-dealkylation sites (tertiary alicyclic amines) is 1. The zero-order valence-electron chi connectivity index (χ0n) is 50.4. The maximum absolute atomic E-state index is 14.4. The number of nitrogens with one attached hydrogen (secondary N) is 1. The number of azide groups is 1. The Labute approximate surface area is 471 Å². The Hall–Kier alpha value is -5.11. The van der Waals surface area contributed by atoms with Gasteiger partial charge in [-0.05, 0) is 119 Å². The van der Waals surface area contributed by atoms with Crippen molar-refractivity contribution in [3.05, 3.63) is 51.9 Å². The summed E-state index contributed by atoms with van der Waals surface area (Å²) in [5.74, 6) is -3.03. The van der Waals surface area contributed by atoms with Crippen LogP contribution in [0.4, 0.5) is 4.79 Å². The number of carbonyl (C=O) groups excluding carboxylic acids is 7. The molecule has 1 N–H and O–H groups in total. The van der Waals surface area contributed by atoms with E-state index in [4.69, 9.17) is 23.4 Å². The van der Waals surface area contributed by atoms with Crippen molar-refractivity contribution in [2.75, 3.05) is 40.6 Å². The first-order valence-corrected chi connectivity index (χ1v) is 31.2. The Morgan fingerprint density at radius 2 is 1.51 bits per heavy atom. The van der Waals surface area contributed by atoms with Crippen molar-refractivity contribution in [2.45, 2.75) is 209 Å². The van der Waals surface area contributed by atoms with Crippen LogP contribution in [0, 0.1) is 23.2 Å². The summed E-state index contributed by atoms with van der Waals surface area (Å²) in [7, 11) is 3.47. The molecule has 0 aliphatic carbocycles. The molecule has 1 saturated heterocycles. The number of rotatable bonds is 29. The number of hydrogen-bond donors (Lipinski definition) is 1. The third-order valence-electron chi connectivity index (χ3n) is 15.2. The Bertz CT molecular complexity index is 2240. The summed E-state index contributed by atoms with van der Waals surface area (Å²) in [4.78, 5) is 103. The molecule has 0 radical (unpaired) electrons. The molecule has 440 valence electrons. The highest BCUT2D eigenvalue weighted by Crippen LogP contribution is 2.36. The van der Waals surface area contributed by atoms with Gasteiger partial charge in [-0.2, -0.15) is 0 Å². The van der Waals surface area contributed by atoms with Crippen LogP contribution in [-0.4, -0.2) is 153 Å². The second-order valence-corrected chi connectivity index (χ2v) is 28.9. The molecule has 21 heteroatoms. The zero-order chi connectivity index (χ0) is 59.5. The lowest BCUT2D eigenvalue weighted by Crippen LogP contribution is -2.57. The Morgan fingerprint density at radius 3 is 2.03 bits per heavy atom. The summed E-state index contributed by atoms with van der Waals surface area (Å²) in [6.45, 7) is 28.9. The van der Waals surface area contributed by atoms with Crippen molar-refractivity contribution < 1.29 is 56.9 Å². The van der Waals surface area contributed by atoms with Gasteiger partial charge in [0.25, 0.3) is 0 Å². The first kappa shape index (κ1) is 69.0. The number of hydrogen-bond acceptors (Lipinski definition) is 14. The van der Waals surface area contributed by atoms with Crippen LogP contribution in [0.1, 0.15) is 142 Å². The molecule has 0 saturated carbocycles. The largest absolute Gasteiger partial charge is 0.497 e. The average Bonchev–Trinajstić information content (AvgIpc) is 3.90. The highest BCUT2D eigenvalue weighted by atomic mass is 32.2. The maximum atomic E-state index is 14.4. The van der Waals surface area contributed by atoms with Gasteiger partial charge in [0.2, 0.25) is 17.7 Å². The van der Waals surface area contributed by atoms with Gasteiger partial charge in [0.15, 0.2) is 13.4 Å². The topological polar surface area (TPSA) is 236 Å². The molecule has 4 amide bonds. The van der Waals surface area contributed by atoms with Crippen LogP contribution in [0.3, 0.4) is 0 Å². The van der Waals surface area contributed by atoms with Crippen molar-refractivity contribution in [1.82, 2.24) is 20.0 Å². The lowest BCUT2D eigenvalue weighted by Gasteiger charge is -2.38. The van der Waals surface area contributed by atoms with E-state index in [-0.39, 0.29) is 34.7 Å². The molecule has 1 aliphatic rings. The first-order valence-electron chi connectivity index (χ1n) is 27.7. The second-order valence-electron chi connectivity index (χ2n) is 23.1. The van der Waals surface area contributed by atoms with Crippen molar-refractivity contribution in [3.8, 4) is 5.75 Å². The number of benzene rings is 1. The third kappa shape index (κ3) is 20.5. The van der Waals surface area contributed by atoms with E-state index < -0.39 is 103 Å². The van der Waals surface area contributed by atoms with Gasteiger partial charge in [-0.3, -0.25) is 24.1 Å². The van der Waals surface area contributed by atoms with Gasteiger partial charge >= 0.3 is 18.0 Å². The quantitative estimate of drug-likeness (QED) is 0.0150. The molecule has 0 spiro atoms. The molecule has 0 unspecified atom stereocenters. The van der Waals surface area contributed by atoms with Crippen LogP contribution < -0.4 is 10.1 Å². The molecule has 1 aromatic carbocycles. The number of methoxy groups -OCH3 is 2. The molecule has 78 heavy (non-hydrogen) atoms. The van der Waals surface area contributed by atoms with Crippen LogP contribution >= 0.6 is 11.8 Å². The molecule has 1 aromatic rings. The van der Waals surface area contributed by atoms with Gasteiger partial charge in [-0.25, -0.2) is 14.4 Å². The van der Waals surface area contributed by atoms with Crippen molar-refractivity contribution in [2.24, 2.45) is 28.3 Å². The number of esters is 2.